The fraction of sp³-hybridized carbons (Fsp3) is 0.294. The number of H-pyrrole nitrogens is 1. The van der Waals surface area contributed by atoms with Crippen LogP contribution in [0.4, 0.5) is 5.69 Å². The van der Waals surface area contributed by atoms with Gasteiger partial charge in [-0.15, -0.1) is 0 Å². The van der Waals surface area contributed by atoms with Crippen molar-refractivity contribution in [2.24, 2.45) is 0 Å². The third-order valence-corrected chi connectivity index (χ3v) is 3.97. The highest BCUT2D eigenvalue weighted by Crippen LogP contribution is 2.20. The van der Waals surface area contributed by atoms with E-state index < -0.39 is 5.91 Å². The third kappa shape index (κ3) is 3.58. The largest absolute Gasteiger partial charge is 0.380 e. The van der Waals surface area contributed by atoms with Crippen molar-refractivity contribution >= 4 is 34.3 Å². The fourth-order valence-electron chi connectivity index (χ4n) is 2.83. The predicted molar refractivity (Wildman–Crippen MR) is 89.9 cm³/mol. The van der Waals surface area contributed by atoms with E-state index in [-0.39, 0.29) is 36.8 Å². The molecule has 1 aromatic heterocycles. The number of benzene rings is 1. The monoisotopic (exact) mass is 343 g/mol. The van der Waals surface area contributed by atoms with E-state index in [4.69, 9.17) is 4.74 Å². The lowest BCUT2D eigenvalue weighted by Crippen LogP contribution is -2.36. The molecule has 130 valence electrons. The number of carbonyl (C=O) groups excluding carboxylic acids is 3. The molecule has 0 bridgehead atoms. The summed E-state index contributed by atoms with van der Waals surface area (Å²) in [5.41, 5.74) is 1.50. The average molecular weight is 343 g/mol. The molecule has 3 rings (SSSR count). The Morgan fingerprint density at radius 1 is 1.20 bits per heavy atom. The zero-order valence-electron chi connectivity index (χ0n) is 13.6. The lowest BCUT2D eigenvalue weighted by Gasteiger charge is -2.14. The van der Waals surface area contributed by atoms with Gasteiger partial charge in [0.1, 0.15) is 6.54 Å². The van der Waals surface area contributed by atoms with Gasteiger partial charge in [-0.25, -0.2) is 0 Å². The molecular weight excluding hydrogens is 326 g/mol. The van der Waals surface area contributed by atoms with Gasteiger partial charge in [-0.2, -0.15) is 0 Å². The molecule has 1 saturated heterocycles. The van der Waals surface area contributed by atoms with Gasteiger partial charge in [-0.05, 0) is 17.7 Å². The number of hydrogen-bond acceptors (Lipinski definition) is 5. The van der Waals surface area contributed by atoms with Gasteiger partial charge < -0.3 is 15.0 Å². The van der Waals surface area contributed by atoms with Crippen LogP contribution in [0.2, 0.25) is 0 Å². The zero-order valence-corrected chi connectivity index (χ0v) is 13.6. The van der Waals surface area contributed by atoms with Crippen LogP contribution in [-0.2, 0) is 25.7 Å². The minimum atomic E-state index is -0.474. The van der Waals surface area contributed by atoms with Gasteiger partial charge in [0.2, 0.25) is 23.3 Å². The van der Waals surface area contributed by atoms with Gasteiger partial charge >= 0.3 is 0 Å². The molecule has 25 heavy (non-hydrogen) atoms. The Bertz CT molecular complexity index is 902. The van der Waals surface area contributed by atoms with Crippen LogP contribution >= 0.6 is 0 Å². The smallest absolute Gasteiger partial charge is 0.248 e. The highest BCUT2D eigenvalue weighted by Gasteiger charge is 2.30. The second-order valence-corrected chi connectivity index (χ2v) is 5.77. The van der Waals surface area contributed by atoms with Crippen molar-refractivity contribution in [1.82, 2.24) is 9.88 Å². The molecule has 1 aromatic carbocycles. The van der Waals surface area contributed by atoms with Crippen molar-refractivity contribution in [2.75, 3.05) is 19.0 Å². The van der Waals surface area contributed by atoms with Gasteiger partial charge in [0, 0.05) is 37.1 Å². The number of anilines is 1. The number of likely N-dealkylation sites (tertiary alicyclic amines) is 1. The summed E-state index contributed by atoms with van der Waals surface area (Å²) in [6.07, 6.45) is 0.289. The molecule has 0 radical (unpaired) electrons. The lowest BCUT2D eigenvalue weighted by atomic mass is 10.1. The van der Waals surface area contributed by atoms with Crippen molar-refractivity contribution in [3.05, 3.63) is 40.2 Å². The van der Waals surface area contributed by atoms with Crippen LogP contribution in [-0.4, -0.2) is 41.3 Å². The fourth-order valence-corrected chi connectivity index (χ4v) is 2.83. The number of aromatic nitrogens is 1. The molecule has 0 aliphatic carbocycles. The second-order valence-electron chi connectivity index (χ2n) is 5.77. The van der Waals surface area contributed by atoms with Crippen LogP contribution in [0.15, 0.2) is 29.1 Å². The van der Waals surface area contributed by atoms with E-state index in [2.05, 4.69) is 10.3 Å². The molecule has 1 fully saturated rings. The SMILES string of the molecule is COCc1cc(=O)[nH]c2cc(NC(=O)CN3C(=O)CCC3=O)ccc12. The van der Waals surface area contributed by atoms with Gasteiger partial charge in [-0.3, -0.25) is 24.1 Å². The van der Waals surface area contributed by atoms with Crippen LogP contribution in [0.25, 0.3) is 10.9 Å². The number of nitrogens with zero attached hydrogens (tertiary/aromatic N) is 1. The minimum absolute atomic E-state index is 0.144. The highest BCUT2D eigenvalue weighted by atomic mass is 16.5. The van der Waals surface area contributed by atoms with Crippen molar-refractivity contribution < 1.29 is 19.1 Å². The van der Waals surface area contributed by atoms with E-state index >= 15 is 0 Å². The summed E-state index contributed by atoms with van der Waals surface area (Å²) in [5, 5.41) is 3.44. The lowest BCUT2D eigenvalue weighted by molar-refractivity contribution is -0.141. The summed E-state index contributed by atoms with van der Waals surface area (Å²) in [6.45, 7) is -0.0127. The average Bonchev–Trinajstić information content (AvgIpc) is 2.86. The summed E-state index contributed by atoms with van der Waals surface area (Å²) in [6, 6.07) is 6.54. The molecule has 1 aliphatic heterocycles. The summed E-state index contributed by atoms with van der Waals surface area (Å²) >= 11 is 0. The normalized spacial score (nSPS) is 14.4. The van der Waals surface area contributed by atoms with Crippen LogP contribution in [0.5, 0.6) is 0 Å². The Kier molecular flexibility index (Phi) is 4.62. The van der Waals surface area contributed by atoms with Crippen molar-refractivity contribution in [1.29, 1.82) is 0 Å². The van der Waals surface area contributed by atoms with Crippen molar-refractivity contribution in [2.45, 2.75) is 19.4 Å². The van der Waals surface area contributed by atoms with E-state index in [1.165, 1.54) is 6.07 Å². The van der Waals surface area contributed by atoms with E-state index in [9.17, 15) is 19.2 Å². The standard InChI is InChI=1S/C17H17N3O5/c1-25-9-10-6-14(21)19-13-7-11(2-3-12(10)13)18-15(22)8-20-16(23)4-5-17(20)24/h2-3,6-7H,4-5,8-9H2,1H3,(H,18,22)(H,19,21). The number of amides is 3. The van der Waals surface area contributed by atoms with Gasteiger partial charge in [0.05, 0.1) is 12.1 Å². The topological polar surface area (TPSA) is 109 Å². The number of aromatic amines is 1. The molecule has 8 heteroatoms. The Morgan fingerprint density at radius 3 is 2.60 bits per heavy atom. The molecule has 3 amide bonds. The molecule has 8 nitrogen and oxygen atoms in total. The Morgan fingerprint density at radius 2 is 1.92 bits per heavy atom. The highest BCUT2D eigenvalue weighted by molar-refractivity contribution is 6.06. The molecule has 0 unspecified atom stereocenters. The van der Waals surface area contributed by atoms with Gasteiger partial charge in [-0.1, -0.05) is 6.07 Å². The first-order valence-electron chi connectivity index (χ1n) is 7.76. The predicted octanol–water partition coefficient (Wildman–Crippen LogP) is 0.762. The molecule has 2 aromatic rings. The van der Waals surface area contributed by atoms with E-state index in [0.717, 1.165) is 15.8 Å². The van der Waals surface area contributed by atoms with E-state index in [0.29, 0.717) is 17.8 Å². The third-order valence-electron chi connectivity index (χ3n) is 3.97. The number of pyridine rings is 1. The van der Waals surface area contributed by atoms with Crippen molar-refractivity contribution in [3.8, 4) is 0 Å². The zero-order chi connectivity index (χ0) is 18.0. The van der Waals surface area contributed by atoms with E-state index in [1.54, 1.807) is 25.3 Å². The Labute approximate surface area is 142 Å². The summed E-state index contributed by atoms with van der Waals surface area (Å²) in [5.74, 6) is -1.15. The second kappa shape index (κ2) is 6.86. The summed E-state index contributed by atoms with van der Waals surface area (Å²) < 4.78 is 5.09. The number of ether oxygens (including phenoxy) is 1. The van der Waals surface area contributed by atoms with Gasteiger partial charge in [0.15, 0.2) is 0 Å². The summed E-state index contributed by atoms with van der Waals surface area (Å²) in [4.78, 5) is 50.6. The number of methoxy groups -OCH3 is 1. The number of hydrogen-bond donors (Lipinski definition) is 2. The number of nitrogens with one attached hydrogen (secondary N) is 2. The molecule has 1 aliphatic rings. The first kappa shape index (κ1) is 16.8. The number of carbonyl (C=O) groups is 3. The number of fused-ring (bicyclic) bond motifs is 1. The van der Waals surface area contributed by atoms with Crippen LogP contribution in [0.3, 0.4) is 0 Å². The van der Waals surface area contributed by atoms with E-state index in [1.807, 2.05) is 0 Å². The number of rotatable bonds is 5. The molecule has 0 saturated carbocycles. The summed E-state index contributed by atoms with van der Waals surface area (Å²) in [7, 11) is 1.54. The maximum Gasteiger partial charge on any atom is 0.248 e. The first-order valence-corrected chi connectivity index (χ1v) is 7.76. The molecule has 0 atom stereocenters. The maximum atomic E-state index is 12.1. The molecule has 0 spiro atoms. The quantitative estimate of drug-likeness (QED) is 0.779. The number of imide groups is 1. The van der Waals surface area contributed by atoms with Crippen LogP contribution in [0, 0.1) is 0 Å². The maximum absolute atomic E-state index is 12.1. The molecular formula is C17H17N3O5. The first-order chi connectivity index (χ1) is 12.0. The van der Waals surface area contributed by atoms with Crippen LogP contribution in [0.1, 0.15) is 18.4 Å². The van der Waals surface area contributed by atoms with Crippen LogP contribution < -0.4 is 10.9 Å². The van der Waals surface area contributed by atoms with Crippen molar-refractivity contribution in [3.63, 3.8) is 0 Å². The molecule has 2 N–H and O–H groups in total. The Hall–Kier alpha value is -3.00. The Balaban J connectivity index is 1.80. The minimum Gasteiger partial charge on any atom is -0.380 e. The van der Waals surface area contributed by atoms with Gasteiger partial charge in [0.25, 0.3) is 0 Å². The molecule has 2 heterocycles.